The van der Waals surface area contributed by atoms with Crippen molar-refractivity contribution in [2.24, 2.45) is 11.7 Å². The molecule has 1 heterocycles. The molecule has 0 saturated heterocycles. The van der Waals surface area contributed by atoms with Gasteiger partial charge in [-0.05, 0) is 30.9 Å². The van der Waals surface area contributed by atoms with E-state index < -0.39 is 10.0 Å². The number of thiophene rings is 1. The van der Waals surface area contributed by atoms with E-state index >= 15 is 0 Å². The van der Waals surface area contributed by atoms with E-state index in [9.17, 15) is 8.42 Å². The summed E-state index contributed by atoms with van der Waals surface area (Å²) in [5.74, 6) is 0.495. The maximum absolute atomic E-state index is 12.4. The molecule has 0 spiro atoms. The third-order valence-corrected chi connectivity index (χ3v) is 7.24. The van der Waals surface area contributed by atoms with E-state index in [1.807, 2.05) is 0 Å². The Bertz CT molecular complexity index is 559. The second kappa shape index (κ2) is 5.87. The lowest BCUT2D eigenvalue weighted by atomic mass is 10.1. The molecule has 0 amide bonds. The molecular weight excluding hydrogens is 300 g/mol. The number of hydrogen-bond acceptors (Lipinski definition) is 4. The van der Waals surface area contributed by atoms with Crippen LogP contribution in [0.2, 0.25) is 0 Å². The summed E-state index contributed by atoms with van der Waals surface area (Å²) in [5.41, 5.74) is 5.51. The molecule has 1 aromatic rings. The zero-order chi connectivity index (χ0) is 14.0. The predicted molar refractivity (Wildman–Crippen MR) is 82.0 cm³/mol. The summed E-state index contributed by atoms with van der Waals surface area (Å²) >= 11 is 6.00. The minimum absolute atomic E-state index is 0.241. The van der Waals surface area contributed by atoms with Gasteiger partial charge < -0.3 is 5.73 Å². The Hall–Kier alpha value is -0.500. The molecule has 1 aromatic heterocycles. The van der Waals surface area contributed by atoms with Gasteiger partial charge in [-0.2, -0.15) is 4.31 Å². The Morgan fingerprint density at radius 1 is 1.47 bits per heavy atom. The van der Waals surface area contributed by atoms with E-state index in [0.717, 1.165) is 24.2 Å². The van der Waals surface area contributed by atoms with Crippen molar-refractivity contribution in [3.05, 3.63) is 17.0 Å². The number of nitrogens with two attached hydrogens (primary N) is 1. The quantitative estimate of drug-likeness (QED) is 0.845. The van der Waals surface area contributed by atoms with Gasteiger partial charge in [-0.15, -0.1) is 11.3 Å². The summed E-state index contributed by atoms with van der Waals surface area (Å²) in [5, 5.41) is 0. The monoisotopic (exact) mass is 318 g/mol. The zero-order valence-electron chi connectivity index (χ0n) is 10.8. The zero-order valence-corrected chi connectivity index (χ0v) is 13.3. The first kappa shape index (κ1) is 14.9. The van der Waals surface area contributed by atoms with Crippen LogP contribution in [0.3, 0.4) is 0 Å². The molecule has 0 radical (unpaired) electrons. The standard InChI is InChI=1S/C12H18N2O2S3/c1-14(8-9-4-2-3-5-9)19(15,16)11-7-6-10(18-11)12(13)17/h6-7,9H,2-5,8H2,1H3,(H2,13,17). The van der Waals surface area contributed by atoms with Crippen molar-refractivity contribution in [2.75, 3.05) is 13.6 Å². The van der Waals surface area contributed by atoms with E-state index in [-0.39, 0.29) is 4.99 Å². The molecule has 2 rings (SSSR count). The Labute approximate surface area is 123 Å². The van der Waals surface area contributed by atoms with Crippen LogP contribution in [0.5, 0.6) is 0 Å². The summed E-state index contributed by atoms with van der Waals surface area (Å²) < 4.78 is 26.6. The normalized spacial score (nSPS) is 17.2. The molecule has 106 valence electrons. The minimum atomic E-state index is -3.40. The first-order valence-electron chi connectivity index (χ1n) is 6.27. The van der Waals surface area contributed by atoms with E-state index in [2.05, 4.69) is 0 Å². The molecule has 19 heavy (non-hydrogen) atoms. The van der Waals surface area contributed by atoms with Crippen molar-refractivity contribution in [1.82, 2.24) is 4.31 Å². The average molecular weight is 318 g/mol. The molecule has 0 atom stereocenters. The Morgan fingerprint density at radius 3 is 2.63 bits per heavy atom. The van der Waals surface area contributed by atoms with E-state index in [1.165, 1.54) is 17.1 Å². The fraction of sp³-hybridized carbons (Fsp3) is 0.583. The maximum atomic E-state index is 12.4. The summed E-state index contributed by atoms with van der Waals surface area (Å²) in [6.45, 7) is 0.600. The molecule has 0 aromatic carbocycles. The molecule has 0 unspecified atom stereocenters. The van der Waals surface area contributed by atoms with Gasteiger partial charge in [0.2, 0.25) is 0 Å². The Morgan fingerprint density at radius 2 is 2.11 bits per heavy atom. The first-order valence-corrected chi connectivity index (χ1v) is 8.93. The van der Waals surface area contributed by atoms with Gasteiger partial charge >= 0.3 is 0 Å². The fourth-order valence-corrected chi connectivity index (χ4v) is 5.21. The SMILES string of the molecule is CN(CC1CCCC1)S(=O)(=O)c1ccc(C(N)=S)s1. The highest BCUT2D eigenvalue weighted by molar-refractivity contribution is 7.91. The summed E-state index contributed by atoms with van der Waals surface area (Å²) in [6.07, 6.45) is 4.68. The van der Waals surface area contributed by atoms with Crippen molar-refractivity contribution < 1.29 is 8.42 Å². The third-order valence-electron chi connectivity index (χ3n) is 3.48. The van der Waals surface area contributed by atoms with Crippen LogP contribution in [0, 0.1) is 5.92 Å². The summed E-state index contributed by atoms with van der Waals surface area (Å²) in [6, 6.07) is 3.25. The van der Waals surface area contributed by atoms with Crippen LogP contribution in [0.25, 0.3) is 0 Å². The molecular formula is C12H18N2O2S3. The van der Waals surface area contributed by atoms with Gasteiger partial charge in [0.1, 0.15) is 9.20 Å². The van der Waals surface area contributed by atoms with Crippen molar-refractivity contribution in [3.8, 4) is 0 Å². The fourth-order valence-electron chi connectivity index (χ4n) is 2.40. The van der Waals surface area contributed by atoms with E-state index in [1.54, 1.807) is 19.2 Å². The second-order valence-corrected chi connectivity index (χ2v) is 8.71. The lowest BCUT2D eigenvalue weighted by molar-refractivity contribution is 0.388. The molecule has 4 nitrogen and oxygen atoms in total. The maximum Gasteiger partial charge on any atom is 0.252 e. The highest BCUT2D eigenvalue weighted by Crippen LogP contribution is 2.29. The van der Waals surface area contributed by atoms with Gasteiger partial charge in [0.05, 0.1) is 4.88 Å². The van der Waals surface area contributed by atoms with Crippen LogP contribution in [-0.4, -0.2) is 31.3 Å². The highest BCUT2D eigenvalue weighted by Gasteiger charge is 2.26. The van der Waals surface area contributed by atoms with Crippen molar-refractivity contribution >= 4 is 38.6 Å². The predicted octanol–water partition coefficient (Wildman–Crippen LogP) is 2.19. The first-order chi connectivity index (χ1) is 8.91. The van der Waals surface area contributed by atoms with Gasteiger partial charge in [-0.1, -0.05) is 25.1 Å². The number of sulfonamides is 1. The molecule has 7 heteroatoms. The number of hydrogen-bond donors (Lipinski definition) is 1. The Kier molecular flexibility index (Phi) is 4.60. The third kappa shape index (κ3) is 3.34. The lowest BCUT2D eigenvalue weighted by Crippen LogP contribution is -2.30. The molecule has 0 aliphatic heterocycles. The van der Waals surface area contributed by atoms with Crippen LogP contribution in [0.1, 0.15) is 30.6 Å². The van der Waals surface area contributed by atoms with Crippen LogP contribution in [0.15, 0.2) is 16.3 Å². The van der Waals surface area contributed by atoms with E-state index in [4.69, 9.17) is 18.0 Å². The smallest absolute Gasteiger partial charge is 0.252 e. The second-order valence-electron chi connectivity index (χ2n) is 4.92. The van der Waals surface area contributed by atoms with Gasteiger partial charge in [0.25, 0.3) is 10.0 Å². The van der Waals surface area contributed by atoms with E-state index in [0.29, 0.717) is 21.5 Å². The highest BCUT2D eigenvalue weighted by atomic mass is 32.2. The van der Waals surface area contributed by atoms with Crippen molar-refractivity contribution in [2.45, 2.75) is 29.9 Å². The van der Waals surface area contributed by atoms with Crippen molar-refractivity contribution in [1.29, 1.82) is 0 Å². The lowest BCUT2D eigenvalue weighted by Gasteiger charge is -2.19. The van der Waals surface area contributed by atoms with Gasteiger partial charge in [0.15, 0.2) is 0 Å². The largest absolute Gasteiger partial charge is 0.389 e. The number of rotatable bonds is 5. The molecule has 1 fully saturated rings. The molecule has 1 aliphatic carbocycles. The van der Waals surface area contributed by atoms with Crippen LogP contribution >= 0.6 is 23.6 Å². The number of nitrogens with zero attached hydrogens (tertiary/aromatic N) is 1. The molecule has 1 aliphatic rings. The average Bonchev–Trinajstić information content (AvgIpc) is 2.99. The molecule has 0 bridgehead atoms. The van der Waals surface area contributed by atoms with Crippen LogP contribution in [-0.2, 0) is 10.0 Å². The number of thiocarbonyl (C=S) groups is 1. The van der Waals surface area contributed by atoms with Crippen LogP contribution < -0.4 is 5.73 Å². The minimum Gasteiger partial charge on any atom is -0.389 e. The molecule has 1 saturated carbocycles. The van der Waals surface area contributed by atoms with Gasteiger partial charge in [-0.3, -0.25) is 0 Å². The molecule has 2 N–H and O–H groups in total. The summed E-state index contributed by atoms with van der Waals surface area (Å²) in [4.78, 5) is 0.882. The topological polar surface area (TPSA) is 63.4 Å². The van der Waals surface area contributed by atoms with Gasteiger partial charge in [-0.25, -0.2) is 8.42 Å². The summed E-state index contributed by atoms with van der Waals surface area (Å²) in [7, 11) is -1.76. The van der Waals surface area contributed by atoms with Gasteiger partial charge in [0, 0.05) is 13.6 Å². The Balaban J connectivity index is 2.13. The van der Waals surface area contributed by atoms with Crippen molar-refractivity contribution in [3.63, 3.8) is 0 Å². The van der Waals surface area contributed by atoms with Crippen LogP contribution in [0.4, 0.5) is 0 Å².